The highest BCUT2D eigenvalue weighted by Crippen LogP contribution is 2.04. The van der Waals surface area contributed by atoms with Gasteiger partial charge >= 0.3 is 0 Å². The van der Waals surface area contributed by atoms with E-state index in [1.165, 1.54) is 0 Å². The second-order valence-corrected chi connectivity index (χ2v) is 4.53. The summed E-state index contributed by atoms with van der Waals surface area (Å²) in [7, 11) is 0. The third-order valence-corrected chi connectivity index (χ3v) is 2.16. The molecule has 0 aliphatic carbocycles. The standard InChI is InChI=1S/C12H18N2O2/c1-9-5-4-6-13-10(9)7-11(15)14-8-12(2,3)16/h4-6,16H,7-8H2,1-3H3,(H,14,15). The van der Waals surface area contributed by atoms with Crippen molar-refractivity contribution in [3.05, 3.63) is 29.6 Å². The number of hydrogen-bond acceptors (Lipinski definition) is 3. The second-order valence-electron chi connectivity index (χ2n) is 4.53. The molecule has 0 radical (unpaired) electrons. The lowest BCUT2D eigenvalue weighted by atomic mass is 10.1. The zero-order valence-corrected chi connectivity index (χ0v) is 9.95. The van der Waals surface area contributed by atoms with Gasteiger partial charge in [0, 0.05) is 12.7 Å². The Kier molecular flexibility index (Phi) is 4.01. The van der Waals surface area contributed by atoms with E-state index in [1.807, 2.05) is 19.1 Å². The maximum absolute atomic E-state index is 11.5. The summed E-state index contributed by atoms with van der Waals surface area (Å²) in [5.74, 6) is -0.121. The number of pyridine rings is 1. The average molecular weight is 222 g/mol. The van der Waals surface area contributed by atoms with Crippen molar-refractivity contribution in [1.82, 2.24) is 10.3 Å². The quantitative estimate of drug-likeness (QED) is 0.792. The van der Waals surface area contributed by atoms with Crippen LogP contribution in [0.3, 0.4) is 0 Å². The lowest BCUT2D eigenvalue weighted by molar-refractivity contribution is -0.121. The molecule has 1 heterocycles. The van der Waals surface area contributed by atoms with Crippen molar-refractivity contribution >= 4 is 5.91 Å². The Morgan fingerprint density at radius 3 is 2.81 bits per heavy atom. The summed E-state index contributed by atoms with van der Waals surface area (Å²) in [5.41, 5.74) is 0.895. The molecule has 0 aliphatic heterocycles. The number of nitrogens with zero attached hydrogens (tertiary/aromatic N) is 1. The van der Waals surface area contributed by atoms with Gasteiger partial charge in [-0.2, -0.15) is 0 Å². The summed E-state index contributed by atoms with van der Waals surface area (Å²) in [6, 6.07) is 3.76. The van der Waals surface area contributed by atoms with E-state index in [4.69, 9.17) is 0 Å². The molecule has 0 aliphatic rings. The predicted octanol–water partition coefficient (Wildman–Crippen LogP) is 0.820. The van der Waals surface area contributed by atoms with Gasteiger partial charge in [0.1, 0.15) is 0 Å². The Morgan fingerprint density at radius 2 is 2.25 bits per heavy atom. The molecule has 2 N–H and O–H groups in total. The van der Waals surface area contributed by atoms with Crippen LogP contribution in [0, 0.1) is 6.92 Å². The number of amides is 1. The molecule has 1 aromatic heterocycles. The Balaban J connectivity index is 2.50. The van der Waals surface area contributed by atoms with Gasteiger partial charge in [0.2, 0.25) is 5.91 Å². The smallest absolute Gasteiger partial charge is 0.226 e. The van der Waals surface area contributed by atoms with E-state index < -0.39 is 5.60 Å². The Labute approximate surface area is 95.7 Å². The molecule has 0 fully saturated rings. The number of aromatic nitrogens is 1. The van der Waals surface area contributed by atoms with Crippen LogP contribution in [0.4, 0.5) is 0 Å². The summed E-state index contributed by atoms with van der Waals surface area (Å²) < 4.78 is 0. The molecule has 0 saturated heterocycles. The maximum atomic E-state index is 11.5. The number of rotatable bonds is 4. The van der Waals surface area contributed by atoms with Gasteiger partial charge in [0.05, 0.1) is 17.7 Å². The van der Waals surface area contributed by atoms with Crippen LogP contribution in [0.15, 0.2) is 18.3 Å². The third-order valence-electron chi connectivity index (χ3n) is 2.16. The first-order valence-corrected chi connectivity index (χ1v) is 5.28. The highest BCUT2D eigenvalue weighted by atomic mass is 16.3. The lowest BCUT2D eigenvalue weighted by Crippen LogP contribution is -2.39. The molecule has 1 rings (SSSR count). The molecule has 0 bridgehead atoms. The lowest BCUT2D eigenvalue weighted by Gasteiger charge is -2.17. The summed E-state index contributed by atoms with van der Waals surface area (Å²) >= 11 is 0. The number of nitrogens with one attached hydrogen (secondary N) is 1. The molecular weight excluding hydrogens is 204 g/mol. The van der Waals surface area contributed by atoms with E-state index in [9.17, 15) is 9.90 Å². The van der Waals surface area contributed by atoms with E-state index in [2.05, 4.69) is 10.3 Å². The molecule has 0 aromatic carbocycles. The Bertz CT molecular complexity index is 370. The molecule has 16 heavy (non-hydrogen) atoms. The van der Waals surface area contributed by atoms with Crippen LogP contribution in [0.5, 0.6) is 0 Å². The van der Waals surface area contributed by atoms with Crippen molar-refractivity contribution in [2.45, 2.75) is 32.8 Å². The van der Waals surface area contributed by atoms with Crippen molar-refractivity contribution in [1.29, 1.82) is 0 Å². The van der Waals surface area contributed by atoms with Crippen molar-refractivity contribution in [2.24, 2.45) is 0 Å². The zero-order valence-electron chi connectivity index (χ0n) is 9.95. The molecule has 4 nitrogen and oxygen atoms in total. The normalized spacial score (nSPS) is 11.2. The van der Waals surface area contributed by atoms with Gasteiger partial charge in [-0.25, -0.2) is 0 Å². The van der Waals surface area contributed by atoms with Crippen LogP contribution in [0.25, 0.3) is 0 Å². The minimum atomic E-state index is -0.880. The largest absolute Gasteiger partial charge is 0.389 e. The molecule has 0 unspecified atom stereocenters. The first kappa shape index (κ1) is 12.6. The summed E-state index contributed by atoms with van der Waals surface area (Å²) in [4.78, 5) is 15.7. The van der Waals surface area contributed by atoms with Gasteiger partial charge in [-0.1, -0.05) is 6.07 Å². The minimum Gasteiger partial charge on any atom is -0.389 e. The van der Waals surface area contributed by atoms with Crippen molar-refractivity contribution < 1.29 is 9.90 Å². The third kappa shape index (κ3) is 4.40. The van der Waals surface area contributed by atoms with Crippen LogP contribution in [0.2, 0.25) is 0 Å². The summed E-state index contributed by atoms with van der Waals surface area (Å²) in [6.07, 6.45) is 1.92. The monoisotopic (exact) mass is 222 g/mol. The highest BCUT2D eigenvalue weighted by molar-refractivity contribution is 5.78. The molecule has 4 heteroatoms. The fourth-order valence-electron chi connectivity index (χ4n) is 1.23. The van der Waals surface area contributed by atoms with E-state index in [0.29, 0.717) is 0 Å². The number of carbonyl (C=O) groups is 1. The average Bonchev–Trinajstić information content (AvgIpc) is 2.18. The van der Waals surface area contributed by atoms with Gasteiger partial charge in [-0.15, -0.1) is 0 Å². The topological polar surface area (TPSA) is 62.2 Å². The predicted molar refractivity (Wildman–Crippen MR) is 62.0 cm³/mol. The number of hydrogen-bond donors (Lipinski definition) is 2. The van der Waals surface area contributed by atoms with E-state index in [0.717, 1.165) is 11.3 Å². The SMILES string of the molecule is Cc1cccnc1CC(=O)NCC(C)(C)O. The van der Waals surface area contributed by atoms with Gasteiger partial charge in [-0.05, 0) is 32.4 Å². The molecule has 1 aromatic rings. The number of aryl methyl sites for hydroxylation is 1. The first-order chi connectivity index (χ1) is 7.38. The first-order valence-electron chi connectivity index (χ1n) is 5.28. The highest BCUT2D eigenvalue weighted by Gasteiger charge is 2.14. The van der Waals surface area contributed by atoms with E-state index >= 15 is 0 Å². The van der Waals surface area contributed by atoms with Gasteiger partial charge < -0.3 is 10.4 Å². The maximum Gasteiger partial charge on any atom is 0.226 e. The van der Waals surface area contributed by atoms with Crippen molar-refractivity contribution in [2.75, 3.05) is 6.54 Å². The van der Waals surface area contributed by atoms with Crippen LogP contribution in [-0.4, -0.2) is 28.1 Å². The fraction of sp³-hybridized carbons (Fsp3) is 0.500. The van der Waals surface area contributed by atoms with Crippen LogP contribution < -0.4 is 5.32 Å². The molecule has 88 valence electrons. The Hall–Kier alpha value is -1.42. The molecular formula is C12H18N2O2. The second kappa shape index (κ2) is 5.07. The minimum absolute atomic E-state index is 0.121. The number of aliphatic hydroxyl groups is 1. The fourth-order valence-corrected chi connectivity index (χ4v) is 1.23. The zero-order chi connectivity index (χ0) is 12.2. The van der Waals surface area contributed by atoms with E-state index in [1.54, 1.807) is 20.0 Å². The molecule has 1 amide bonds. The van der Waals surface area contributed by atoms with Crippen molar-refractivity contribution in [3.8, 4) is 0 Å². The van der Waals surface area contributed by atoms with E-state index in [-0.39, 0.29) is 18.9 Å². The van der Waals surface area contributed by atoms with Gasteiger partial charge in [-0.3, -0.25) is 9.78 Å². The molecule has 0 saturated carbocycles. The van der Waals surface area contributed by atoms with Gasteiger partial charge in [0.25, 0.3) is 0 Å². The Morgan fingerprint density at radius 1 is 1.56 bits per heavy atom. The van der Waals surface area contributed by atoms with Gasteiger partial charge in [0.15, 0.2) is 0 Å². The van der Waals surface area contributed by atoms with Crippen LogP contribution in [0.1, 0.15) is 25.1 Å². The van der Waals surface area contributed by atoms with Crippen molar-refractivity contribution in [3.63, 3.8) is 0 Å². The number of carbonyl (C=O) groups excluding carboxylic acids is 1. The molecule has 0 spiro atoms. The van der Waals surface area contributed by atoms with Crippen LogP contribution in [-0.2, 0) is 11.2 Å². The van der Waals surface area contributed by atoms with Crippen LogP contribution >= 0.6 is 0 Å². The molecule has 0 atom stereocenters. The summed E-state index contributed by atoms with van der Waals surface area (Å²) in [6.45, 7) is 5.47. The summed E-state index contributed by atoms with van der Waals surface area (Å²) in [5, 5.41) is 12.1.